The Labute approximate surface area is 96.3 Å². The number of carbonyl (C=O) groups excluding carboxylic acids is 2. The Balaban J connectivity index is 0. The second kappa shape index (κ2) is 9.73. The number of hydrogen-bond acceptors (Lipinski definition) is 4. The molecule has 0 fully saturated rings. The molecule has 15 heavy (non-hydrogen) atoms. The number of rotatable bonds is 6. The highest BCUT2D eigenvalue weighted by molar-refractivity contribution is 5.85. The third kappa shape index (κ3) is 7.16. The van der Waals surface area contributed by atoms with Crippen LogP contribution in [0.3, 0.4) is 0 Å². The van der Waals surface area contributed by atoms with Gasteiger partial charge in [0.1, 0.15) is 6.04 Å². The van der Waals surface area contributed by atoms with E-state index >= 15 is 0 Å². The molecule has 0 radical (unpaired) electrons. The lowest BCUT2D eigenvalue weighted by Gasteiger charge is -2.14. The second-order valence-corrected chi connectivity index (χ2v) is 2.91. The summed E-state index contributed by atoms with van der Waals surface area (Å²) in [4.78, 5) is 22.3. The van der Waals surface area contributed by atoms with Gasteiger partial charge in [-0.15, -0.1) is 12.4 Å². The first-order valence-electron chi connectivity index (χ1n) is 4.67. The van der Waals surface area contributed by atoms with Crippen LogP contribution in [-0.4, -0.2) is 38.6 Å². The van der Waals surface area contributed by atoms with Crippen molar-refractivity contribution in [1.82, 2.24) is 10.6 Å². The van der Waals surface area contributed by atoms with Gasteiger partial charge in [-0.1, -0.05) is 6.92 Å². The summed E-state index contributed by atoms with van der Waals surface area (Å²) < 4.78 is 4.54. The van der Waals surface area contributed by atoms with Gasteiger partial charge in [-0.2, -0.15) is 0 Å². The zero-order chi connectivity index (χ0) is 11.0. The zero-order valence-corrected chi connectivity index (χ0v) is 10.1. The summed E-state index contributed by atoms with van der Waals surface area (Å²) in [7, 11) is 3.08. The molecular formula is C9H19ClN2O3. The van der Waals surface area contributed by atoms with E-state index in [0.717, 1.165) is 0 Å². The summed E-state index contributed by atoms with van der Waals surface area (Å²) in [6, 6.07) is -0.524. The Hall–Kier alpha value is -0.810. The van der Waals surface area contributed by atoms with Gasteiger partial charge >= 0.3 is 5.97 Å². The van der Waals surface area contributed by atoms with E-state index in [9.17, 15) is 9.59 Å². The summed E-state index contributed by atoms with van der Waals surface area (Å²) in [5, 5.41) is 5.45. The predicted molar refractivity (Wildman–Crippen MR) is 60.0 cm³/mol. The van der Waals surface area contributed by atoms with Crippen molar-refractivity contribution < 1.29 is 14.3 Å². The number of halogens is 1. The molecule has 2 N–H and O–H groups in total. The van der Waals surface area contributed by atoms with Crippen molar-refractivity contribution >= 4 is 24.3 Å². The fraction of sp³-hybridized carbons (Fsp3) is 0.778. The summed E-state index contributed by atoms with van der Waals surface area (Å²) in [6.45, 7) is 2.42. The molecule has 0 spiro atoms. The third-order valence-corrected chi connectivity index (χ3v) is 1.83. The van der Waals surface area contributed by atoms with Crippen LogP contribution >= 0.6 is 12.4 Å². The maximum Gasteiger partial charge on any atom is 0.328 e. The monoisotopic (exact) mass is 238 g/mol. The number of esters is 1. The standard InChI is InChI=1S/C9H18N2O3.ClH/c1-4-7(9(13)14-3)11-8(12)5-6-10-2;/h7,10H,4-6H2,1-3H3,(H,11,12);1H. The maximum absolute atomic E-state index is 11.2. The molecule has 0 aliphatic carbocycles. The van der Waals surface area contributed by atoms with Gasteiger partial charge in [-0.05, 0) is 13.5 Å². The minimum atomic E-state index is -0.524. The van der Waals surface area contributed by atoms with Crippen molar-refractivity contribution in [3.63, 3.8) is 0 Å². The minimum absolute atomic E-state index is 0. The van der Waals surface area contributed by atoms with Crippen LogP contribution in [0.25, 0.3) is 0 Å². The summed E-state index contributed by atoms with van der Waals surface area (Å²) in [5.41, 5.74) is 0. The van der Waals surface area contributed by atoms with Gasteiger partial charge in [0, 0.05) is 13.0 Å². The number of amides is 1. The first kappa shape index (κ1) is 16.6. The molecule has 0 rings (SSSR count). The van der Waals surface area contributed by atoms with E-state index in [1.165, 1.54) is 7.11 Å². The normalized spacial score (nSPS) is 11.1. The van der Waals surface area contributed by atoms with Gasteiger partial charge in [0.25, 0.3) is 0 Å². The molecule has 0 aliphatic heterocycles. The lowest BCUT2D eigenvalue weighted by atomic mass is 10.2. The van der Waals surface area contributed by atoms with Gasteiger partial charge in [-0.25, -0.2) is 4.79 Å². The van der Waals surface area contributed by atoms with Gasteiger partial charge < -0.3 is 15.4 Å². The van der Waals surface area contributed by atoms with Crippen LogP contribution in [0, 0.1) is 0 Å². The topological polar surface area (TPSA) is 67.4 Å². The molecule has 0 aliphatic rings. The third-order valence-electron chi connectivity index (χ3n) is 1.83. The number of methoxy groups -OCH3 is 1. The predicted octanol–water partition coefficient (Wildman–Crippen LogP) is 0.0855. The van der Waals surface area contributed by atoms with Gasteiger partial charge in [0.05, 0.1) is 7.11 Å². The molecule has 90 valence electrons. The highest BCUT2D eigenvalue weighted by atomic mass is 35.5. The van der Waals surface area contributed by atoms with Crippen molar-refractivity contribution in [1.29, 1.82) is 0 Å². The second-order valence-electron chi connectivity index (χ2n) is 2.91. The van der Waals surface area contributed by atoms with E-state index in [1.54, 1.807) is 7.05 Å². The molecular weight excluding hydrogens is 220 g/mol. The molecule has 5 nitrogen and oxygen atoms in total. The Morgan fingerprint density at radius 1 is 1.40 bits per heavy atom. The zero-order valence-electron chi connectivity index (χ0n) is 9.33. The Bertz CT molecular complexity index is 200. The van der Waals surface area contributed by atoms with Crippen molar-refractivity contribution in [2.24, 2.45) is 0 Å². The highest BCUT2D eigenvalue weighted by Gasteiger charge is 2.18. The largest absolute Gasteiger partial charge is 0.467 e. The van der Waals surface area contributed by atoms with Crippen molar-refractivity contribution in [3.05, 3.63) is 0 Å². The van der Waals surface area contributed by atoms with E-state index in [-0.39, 0.29) is 18.3 Å². The summed E-state index contributed by atoms with van der Waals surface area (Å²) >= 11 is 0. The summed E-state index contributed by atoms with van der Waals surface area (Å²) in [5.74, 6) is -0.540. The van der Waals surface area contributed by atoms with Crippen LogP contribution in [-0.2, 0) is 14.3 Å². The fourth-order valence-corrected chi connectivity index (χ4v) is 0.975. The van der Waals surface area contributed by atoms with Crippen molar-refractivity contribution in [3.8, 4) is 0 Å². The maximum atomic E-state index is 11.2. The molecule has 1 atom stereocenters. The molecule has 0 saturated carbocycles. The van der Waals surface area contributed by atoms with Crippen LogP contribution < -0.4 is 10.6 Å². The SMILES string of the molecule is CCC(NC(=O)CCNC)C(=O)OC.Cl. The number of nitrogens with one attached hydrogen (secondary N) is 2. The number of ether oxygens (including phenoxy) is 1. The molecule has 1 unspecified atom stereocenters. The summed E-state index contributed by atoms with van der Waals surface area (Å²) in [6.07, 6.45) is 0.905. The smallest absolute Gasteiger partial charge is 0.328 e. The molecule has 0 heterocycles. The van der Waals surface area contributed by atoms with Crippen molar-refractivity contribution in [2.75, 3.05) is 20.7 Å². The minimum Gasteiger partial charge on any atom is -0.467 e. The van der Waals surface area contributed by atoms with Crippen LogP contribution in [0.1, 0.15) is 19.8 Å². The molecule has 0 aromatic carbocycles. The number of carbonyl (C=O) groups is 2. The Morgan fingerprint density at radius 3 is 2.40 bits per heavy atom. The first-order valence-corrected chi connectivity index (χ1v) is 4.67. The van der Waals surface area contributed by atoms with Gasteiger partial charge in [-0.3, -0.25) is 4.79 Å². The van der Waals surface area contributed by atoms with Gasteiger partial charge in [0.15, 0.2) is 0 Å². The molecule has 1 amide bonds. The Morgan fingerprint density at radius 2 is 2.00 bits per heavy atom. The quantitative estimate of drug-likeness (QED) is 0.644. The van der Waals surface area contributed by atoms with Crippen LogP contribution in [0.2, 0.25) is 0 Å². The van der Waals surface area contributed by atoms with E-state index in [4.69, 9.17) is 0 Å². The van der Waals surface area contributed by atoms with Crippen LogP contribution in [0.5, 0.6) is 0 Å². The molecule has 0 aromatic heterocycles. The molecule has 0 saturated heterocycles. The average Bonchev–Trinajstić information content (AvgIpc) is 2.21. The lowest BCUT2D eigenvalue weighted by molar-refractivity contribution is -0.145. The van der Waals surface area contributed by atoms with E-state index < -0.39 is 12.0 Å². The van der Waals surface area contributed by atoms with Gasteiger partial charge in [0.2, 0.25) is 5.91 Å². The molecule has 0 aromatic rings. The average molecular weight is 239 g/mol. The molecule has 0 bridgehead atoms. The van der Waals surface area contributed by atoms with E-state index in [0.29, 0.717) is 19.4 Å². The number of hydrogen-bond donors (Lipinski definition) is 2. The van der Waals surface area contributed by atoms with Crippen LogP contribution in [0.4, 0.5) is 0 Å². The Kier molecular flexibility index (Phi) is 10.8. The first-order chi connectivity index (χ1) is 6.65. The van der Waals surface area contributed by atoms with E-state index in [2.05, 4.69) is 15.4 Å². The molecule has 6 heteroatoms. The van der Waals surface area contributed by atoms with E-state index in [1.807, 2.05) is 6.92 Å². The highest BCUT2D eigenvalue weighted by Crippen LogP contribution is 1.94. The van der Waals surface area contributed by atoms with Crippen molar-refractivity contribution in [2.45, 2.75) is 25.8 Å². The van der Waals surface area contributed by atoms with Crippen LogP contribution in [0.15, 0.2) is 0 Å². The lowest BCUT2D eigenvalue weighted by Crippen LogP contribution is -2.41. The fourth-order valence-electron chi connectivity index (χ4n) is 0.975.